The Morgan fingerprint density at radius 3 is 2.74 bits per heavy atom. The lowest BCUT2D eigenvalue weighted by atomic mass is 9.82. The zero-order chi connectivity index (χ0) is 19.0. The average molecular weight is 387 g/mol. The van der Waals surface area contributed by atoms with Gasteiger partial charge in [0, 0.05) is 11.5 Å². The van der Waals surface area contributed by atoms with Crippen LogP contribution in [0.3, 0.4) is 0 Å². The van der Waals surface area contributed by atoms with Crippen LogP contribution < -0.4 is 0 Å². The summed E-state index contributed by atoms with van der Waals surface area (Å²) in [5, 5.41) is 0.302. The smallest absolute Gasteiger partial charge is 0.189 e. The third-order valence-corrected chi connectivity index (χ3v) is 5.98. The first-order valence-corrected chi connectivity index (χ1v) is 9.63. The van der Waals surface area contributed by atoms with Gasteiger partial charge in [-0.25, -0.2) is 9.97 Å². The second kappa shape index (κ2) is 7.23. The maximum Gasteiger partial charge on any atom is 0.189 e. The first-order chi connectivity index (χ1) is 13.0. The molecule has 0 aliphatic carbocycles. The van der Waals surface area contributed by atoms with Gasteiger partial charge in [0.1, 0.15) is 23.5 Å². The molecule has 6 heteroatoms. The molecule has 0 spiro atoms. The molecule has 0 bridgehead atoms. The summed E-state index contributed by atoms with van der Waals surface area (Å²) >= 11 is 6.16. The molecule has 0 N–H and O–H groups in total. The molecule has 27 heavy (non-hydrogen) atoms. The molecule has 1 aliphatic heterocycles. The summed E-state index contributed by atoms with van der Waals surface area (Å²) in [7, 11) is 0. The highest BCUT2D eigenvalue weighted by Gasteiger charge is 2.53. The Bertz CT molecular complexity index is 930. The van der Waals surface area contributed by atoms with E-state index in [2.05, 4.69) is 42.9 Å². The summed E-state index contributed by atoms with van der Waals surface area (Å²) in [4.78, 5) is 8.38. The van der Waals surface area contributed by atoms with Gasteiger partial charge in [0.2, 0.25) is 0 Å². The standard InChI is InChI=1S/C21H23ClN2O3/c1-4-16-13(2)21(3,26-10-14-8-6-5-7-9-14)19(27-16)15-11-25-18-17(15)23-12-24-20(18)22/h5-9,11-13,16,19H,4,10H2,1-3H3/t13-,16-,19+,21-/m1/s1. The van der Waals surface area contributed by atoms with Crippen molar-refractivity contribution >= 4 is 22.7 Å². The fourth-order valence-corrected chi connectivity index (χ4v) is 4.09. The molecule has 3 aromatic rings. The number of aromatic nitrogens is 2. The maximum atomic E-state index is 6.49. The van der Waals surface area contributed by atoms with Crippen LogP contribution in [-0.4, -0.2) is 21.7 Å². The van der Waals surface area contributed by atoms with Crippen LogP contribution in [0.25, 0.3) is 11.1 Å². The topological polar surface area (TPSA) is 57.4 Å². The number of rotatable bonds is 5. The molecule has 4 atom stereocenters. The molecule has 1 fully saturated rings. The molecule has 4 rings (SSSR count). The molecule has 0 radical (unpaired) electrons. The number of benzene rings is 1. The fourth-order valence-electron chi connectivity index (χ4n) is 3.91. The molecular weight excluding hydrogens is 364 g/mol. The third-order valence-electron chi connectivity index (χ3n) is 5.71. The van der Waals surface area contributed by atoms with Crippen molar-refractivity contribution in [1.82, 2.24) is 9.97 Å². The summed E-state index contributed by atoms with van der Waals surface area (Å²) in [6, 6.07) is 10.2. The third kappa shape index (κ3) is 3.14. The van der Waals surface area contributed by atoms with Crippen LogP contribution in [0.2, 0.25) is 5.15 Å². The zero-order valence-electron chi connectivity index (χ0n) is 15.7. The highest BCUT2D eigenvalue weighted by atomic mass is 35.5. The quantitative estimate of drug-likeness (QED) is 0.554. The normalized spacial score (nSPS) is 28.1. The molecule has 1 aliphatic rings. The number of hydrogen-bond donors (Lipinski definition) is 0. The molecule has 3 heterocycles. The molecule has 0 amide bonds. The van der Waals surface area contributed by atoms with E-state index in [1.54, 1.807) is 6.26 Å². The highest BCUT2D eigenvalue weighted by Crippen LogP contribution is 2.50. The number of furan rings is 1. The van der Waals surface area contributed by atoms with Crippen molar-refractivity contribution < 1.29 is 13.9 Å². The van der Waals surface area contributed by atoms with Crippen molar-refractivity contribution in [3.63, 3.8) is 0 Å². The largest absolute Gasteiger partial charge is 0.459 e. The van der Waals surface area contributed by atoms with Crippen molar-refractivity contribution in [3.05, 3.63) is 59.2 Å². The summed E-state index contributed by atoms with van der Waals surface area (Å²) < 4.78 is 18.6. The van der Waals surface area contributed by atoms with E-state index in [1.165, 1.54) is 6.33 Å². The Labute approximate surface area is 163 Å². The van der Waals surface area contributed by atoms with Gasteiger partial charge in [-0.1, -0.05) is 55.8 Å². The van der Waals surface area contributed by atoms with E-state index in [1.807, 2.05) is 18.2 Å². The minimum atomic E-state index is -0.523. The second-order valence-electron chi connectivity index (χ2n) is 7.24. The Balaban J connectivity index is 1.71. The number of nitrogens with zero attached hydrogens (tertiary/aromatic N) is 2. The van der Waals surface area contributed by atoms with Crippen LogP contribution in [0.1, 0.15) is 44.4 Å². The number of ether oxygens (including phenoxy) is 2. The Morgan fingerprint density at radius 1 is 1.22 bits per heavy atom. The Hall–Kier alpha value is -1.95. The number of halogens is 1. The van der Waals surface area contributed by atoms with Crippen molar-refractivity contribution in [3.8, 4) is 0 Å². The van der Waals surface area contributed by atoms with Crippen molar-refractivity contribution in [2.75, 3.05) is 0 Å². The van der Waals surface area contributed by atoms with E-state index < -0.39 is 5.60 Å². The first-order valence-electron chi connectivity index (χ1n) is 9.25. The van der Waals surface area contributed by atoms with Crippen LogP contribution >= 0.6 is 11.6 Å². The monoisotopic (exact) mass is 386 g/mol. The van der Waals surface area contributed by atoms with Gasteiger partial charge in [0.15, 0.2) is 10.7 Å². The molecule has 2 aromatic heterocycles. The van der Waals surface area contributed by atoms with Crippen LogP contribution in [-0.2, 0) is 16.1 Å². The van der Waals surface area contributed by atoms with E-state index in [4.69, 9.17) is 25.5 Å². The van der Waals surface area contributed by atoms with Gasteiger partial charge < -0.3 is 13.9 Å². The highest BCUT2D eigenvalue weighted by molar-refractivity contribution is 6.33. The molecule has 1 aromatic carbocycles. The molecular formula is C21H23ClN2O3. The summed E-state index contributed by atoms with van der Waals surface area (Å²) in [5.74, 6) is 0.207. The van der Waals surface area contributed by atoms with Gasteiger partial charge in [-0.3, -0.25) is 0 Å². The summed E-state index contributed by atoms with van der Waals surface area (Å²) in [6.07, 6.45) is 3.83. The Kier molecular flexibility index (Phi) is 4.93. The van der Waals surface area contributed by atoms with E-state index in [9.17, 15) is 0 Å². The van der Waals surface area contributed by atoms with Crippen LogP contribution in [0, 0.1) is 5.92 Å². The fraction of sp³-hybridized carbons (Fsp3) is 0.429. The van der Waals surface area contributed by atoms with Crippen LogP contribution in [0.4, 0.5) is 0 Å². The van der Waals surface area contributed by atoms with Gasteiger partial charge in [-0.05, 0) is 18.9 Å². The molecule has 0 saturated carbocycles. The van der Waals surface area contributed by atoms with E-state index >= 15 is 0 Å². The van der Waals surface area contributed by atoms with Crippen molar-refractivity contribution in [2.24, 2.45) is 5.92 Å². The van der Waals surface area contributed by atoms with Gasteiger partial charge in [0.25, 0.3) is 0 Å². The minimum absolute atomic E-state index is 0.0954. The molecule has 0 unspecified atom stereocenters. The lowest BCUT2D eigenvalue weighted by Gasteiger charge is -2.33. The van der Waals surface area contributed by atoms with E-state index in [0.717, 1.165) is 17.5 Å². The minimum Gasteiger partial charge on any atom is -0.459 e. The lowest BCUT2D eigenvalue weighted by Crippen LogP contribution is -2.39. The predicted molar refractivity (Wildman–Crippen MR) is 104 cm³/mol. The van der Waals surface area contributed by atoms with Gasteiger partial charge in [-0.2, -0.15) is 0 Å². The number of fused-ring (bicyclic) bond motifs is 1. The first kappa shape index (κ1) is 18.4. The second-order valence-corrected chi connectivity index (χ2v) is 7.60. The van der Waals surface area contributed by atoms with E-state index in [0.29, 0.717) is 22.9 Å². The maximum absolute atomic E-state index is 6.49. The lowest BCUT2D eigenvalue weighted by molar-refractivity contribution is -0.105. The predicted octanol–water partition coefficient (Wildman–Crippen LogP) is 5.34. The Morgan fingerprint density at radius 2 is 2.00 bits per heavy atom. The zero-order valence-corrected chi connectivity index (χ0v) is 16.4. The summed E-state index contributed by atoms with van der Waals surface area (Å²) in [5.41, 5.74) is 2.62. The average Bonchev–Trinajstić information content (AvgIpc) is 3.22. The van der Waals surface area contributed by atoms with Gasteiger partial charge in [-0.15, -0.1) is 0 Å². The van der Waals surface area contributed by atoms with Crippen LogP contribution in [0.5, 0.6) is 0 Å². The van der Waals surface area contributed by atoms with Crippen molar-refractivity contribution in [1.29, 1.82) is 0 Å². The number of hydrogen-bond acceptors (Lipinski definition) is 5. The molecule has 142 valence electrons. The summed E-state index contributed by atoms with van der Waals surface area (Å²) in [6.45, 7) is 6.95. The molecule has 1 saturated heterocycles. The van der Waals surface area contributed by atoms with Crippen molar-refractivity contribution in [2.45, 2.75) is 51.6 Å². The van der Waals surface area contributed by atoms with E-state index in [-0.39, 0.29) is 18.1 Å². The van der Waals surface area contributed by atoms with Gasteiger partial charge >= 0.3 is 0 Å². The van der Waals surface area contributed by atoms with Gasteiger partial charge in [0.05, 0.1) is 19.0 Å². The SMILES string of the molecule is CC[C@H]1O[C@@H](c2coc3c(Cl)ncnc23)[C@](C)(OCc2ccccc2)[C@@H]1C. The van der Waals surface area contributed by atoms with Crippen LogP contribution in [0.15, 0.2) is 47.3 Å². The molecule has 5 nitrogen and oxygen atoms in total.